The van der Waals surface area contributed by atoms with E-state index >= 15 is 0 Å². The van der Waals surface area contributed by atoms with E-state index in [-0.39, 0.29) is 24.0 Å². The first-order valence-electron chi connectivity index (χ1n) is 7.12. The Bertz CT molecular complexity index is 287. The van der Waals surface area contributed by atoms with Gasteiger partial charge in [-0.1, -0.05) is 13.0 Å². The van der Waals surface area contributed by atoms with E-state index in [0.717, 1.165) is 25.6 Å². The highest BCUT2D eigenvalue weighted by molar-refractivity contribution is 14.0. The minimum Gasteiger partial charge on any atom is -0.356 e. The van der Waals surface area contributed by atoms with Crippen molar-refractivity contribution >= 4 is 29.9 Å². The van der Waals surface area contributed by atoms with Gasteiger partial charge in [-0.25, -0.2) is 0 Å². The Morgan fingerprint density at radius 3 is 2.50 bits per heavy atom. The molecular weight excluding hydrogens is 365 g/mol. The summed E-state index contributed by atoms with van der Waals surface area (Å²) in [5.41, 5.74) is 0. The second-order valence-electron chi connectivity index (χ2n) is 5.33. The molecule has 1 aliphatic rings. The normalized spacial score (nSPS) is 19.1. The first-order valence-corrected chi connectivity index (χ1v) is 7.12. The Kier molecular flexibility index (Phi) is 11.1. The molecule has 20 heavy (non-hydrogen) atoms. The number of hydrogen-bond donors (Lipinski definition) is 2. The molecule has 1 rings (SSSR count). The monoisotopic (exact) mass is 395 g/mol. The predicted molar refractivity (Wildman–Crippen MR) is 98.1 cm³/mol. The van der Waals surface area contributed by atoms with E-state index in [1.807, 2.05) is 6.08 Å². The summed E-state index contributed by atoms with van der Waals surface area (Å²) in [7, 11) is 3.99. The molecule has 0 amide bonds. The Morgan fingerprint density at radius 2 is 1.95 bits per heavy atom. The Morgan fingerprint density at radius 1 is 1.30 bits per heavy atom. The molecule has 0 aromatic carbocycles. The topological polar surface area (TPSA) is 42.9 Å². The number of likely N-dealkylation sites (N-methyl/N-ethyl adjacent to an activating group) is 1. The smallest absolute Gasteiger partial charge is 0.191 e. The van der Waals surface area contributed by atoms with Crippen LogP contribution < -0.4 is 10.6 Å². The Balaban J connectivity index is 0.00000361. The summed E-state index contributed by atoms with van der Waals surface area (Å²) in [6.07, 6.45) is 1.83. The molecule has 0 aromatic heterocycles. The molecule has 118 valence electrons. The van der Waals surface area contributed by atoms with Gasteiger partial charge in [-0.3, -0.25) is 4.99 Å². The molecule has 0 aliphatic carbocycles. The van der Waals surface area contributed by atoms with Crippen molar-refractivity contribution in [3.05, 3.63) is 12.7 Å². The standard InChI is InChI=1S/C14H29N5.HI/c1-5-6-16-14(15-3)17-11-13(2)12-19-9-7-18(4)8-10-19;/h5,13H,1,6-12H2,2-4H3,(H2,15,16,17);1H. The summed E-state index contributed by atoms with van der Waals surface area (Å²) in [6, 6.07) is 0. The molecule has 1 atom stereocenters. The van der Waals surface area contributed by atoms with Crippen molar-refractivity contribution in [3.63, 3.8) is 0 Å². The van der Waals surface area contributed by atoms with Crippen LogP contribution in [0.4, 0.5) is 0 Å². The molecular formula is C14H30IN5. The van der Waals surface area contributed by atoms with Crippen molar-refractivity contribution in [2.75, 3.05) is 59.9 Å². The largest absolute Gasteiger partial charge is 0.356 e. The number of halogens is 1. The van der Waals surface area contributed by atoms with Gasteiger partial charge in [0.2, 0.25) is 0 Å². The molecule has 0 spiro atoms. The van der Waals surface area contributed by atoms with Crippen LogP contribution >= 0.6 is 24.0 Å². The van der Waals surface area contributed by atoms with Crippen LogP contribution in [0.15, 0.2) is 17.6 Å². The van der Waals surface area contributed by atoms with Gasteiger partial charge in [0, 0.05) is 52.9 Å². The van der Waals surface area contributed by atoms with Crippen LogP contribution in [-0.2, 0) is 0 Å². The second kappa shape index (κ2) is 11.3. The first-order chi connectivity index (χ1) is 9.15. The molecule has 2 N–H and O–H groups in total. The van der Waals surface area contributed by atoms with Crippen molar-refractivity contribution in [1.29, 1.82) is 0 Å². The first kappa shape index (κ1) is 19.7. The number of piperazine rings is 1. The molecule has 0 aromatic rings. The van der Waals surface area contributed by atoms with Crippen LogP contribution in [-0.4, -0.2) is 75.7 Å². The quantitative estimate of drug-likeness (QED) is 0.303. The van der Waals surface area contributed by atoms with Crippen LogP contribution in [0.25, 0.3) is 0 Å². The minimum absolute atomic E-state index is 0. The average molecular weight is 395 g/mol. The van der Waals surface area contributed by atoms with E-state index in [4.69, 9.17) is 0 Å². The van der Waals surface area contributed by atoms with E-state index in [0.29, 0.717) is 5.92 Å². The van der Waals surface area contributed by atoms with Crippen molar-refractivity contribution < 1.29 is 0 Å². The van der Waals surface area contributed by atoms with Crippen molar-refractivity contribution in [1.82, 2.24) is 20.4 Å². The zero-order valence-corrected chi connectivity index (χ0v) is 15.4. The maximum atomic E-state index is 4.18. The lowest BCUT2D eigenvalue weighted by Crippen LogP contribution is -2.47. The van der Waals surface area contributed by atoms with Gasteiger partial charge in [-0.2, -0.15) is 0 Å². The highest BCUT2D eigenvalue weighted by Gasteiger charge is 2.16. The molecule has 1 saturated heterocycles. The van der Waals surface area contributed by atoms with Gasteiger partial charge in [0.1, 0.15) is 0 Å². The number of hydrogen-bond acceptors (Lipinski definition) is 3. The molecule has 5 nitrogen and oxygen atoms in total. The lowest BCUT2D eigenvalue weighted by atomic mass is 10.1. The van der Waals surface area contributed by atoms with Crippen molar-refractivity contribution in [2.24, 2.45) is 10.9 Å². The fourth-order valence-corrected chi connectivity index (χ4v) is 2.20. The summed E-state index contributed by atoms with van der Waals surface area (Å²) >= 11 is 0. The molecule has 0 bridgehead atoms. The van der Waals surface area contributed by atoms with Crippen LogP contribution in [0, 0.1) is 5.92 Å². The second-order valence-corrected chi connectivity index (χ2v) is 5.33. The minimum atomic E-state index is 0. The number of aliphatic imine (C=N–C) groups is 1. The van der Waals surface area contributed by atoms with Crippen molar-refractivity contribution in [2.45, 2.75) is 6.92 Å². The number of guanidine groups is 1. The van der Waals surface area contributed by atoms with Crippen molar-refractivity contribution in [3.8, 4) is 0 Å². The Labute approximate surface area is 140 Å². The molecule has 6 heteroatoms. The molecule has 1 unspecified atom stereocenters. The average Bonchev–Trinajstić information content (AvgIpc) is 2.42. The molecule has 1 fully saturated rings. The Hall–Kier alpha value is -0.340. The zero-order valence-electron chi connectivity index (χ0n) is 13.1. The summed E-state index contributed by atoms with van der Waals surface area (Å²) in [4.78, 5) is 9.12. The highest BCUT2D eigenvalue weighted by Crippen LogP contribution is 2.03. The van der Waals surface area contributed by atoms with E-state index in [9.17, 15) is 0 Å². The molecule has 0 saturated carbocycles. The van der Waals surface area contributed by atoms with Gasteiger partial charge in [-0.05, 0) is 13.0 Å². The van der Waals surface area contributed by atoms with Gasteiger partial charge in [-0.15, -0.1) is 30.6 Å². The molecule has 1 aliphatic heterocycles. The third-order valence-electron chi connectivity index (χ3n) is 3.42. The molecule has 1 heterocycles. The van der Waals surface area contributed by atoms with Gasteiger partial charge in [0.05, 0.1) is 0 Å². The zero-order chi connectivity index (χ0) is 14.1. The lowest BCUT2D eigenvalue weighted by Gasteiger charge is -2.34. The van der Waals surface area contributed by atoms with Crippen LogP contribution in [0.2, 0.25) is 0 Å². The van der Waals surface area contributed by atoms with Crippen LogP contribution in [0.1, 0.15) is 6.92 Å². The maximum Gasteiger partial charge on any atom is 0.191 e. The van der Waals surface area contributed by atoms with Crippen LogP contribution in [0.3, 0.4) is 0 Å². The highest BCUT2D eigenvalue weighted by atomic mass is 127. The summed E-state index contributed by atoms with van der Waals surface area (Å²) in [6.45, 7) is 13.6. The fraction of sp³-hybridized carbons (Fsp3) is 0.786. The summed E-state index contributed by atoms with van der Waals surface area (Å²) < 4.78 is 0. The van der Waals surface area contributed by atoms with Crippen LogP contribution in [0.5, 0.6) is 0 Å². The van der Waals surface area contributed by atoms with E-state index < -0.39 is 0 Å². The predicted octanol–water partition coefficient (Wildman–Crippen LogP) is 0.839. The van der Waals surface area contributed by atoms with E-state index in [2.05, 4.69) is 46.0 Å². The molecule has 0 radical (unpaired) electrons. The fourth-order valence-electron chi connectivity index (χ4n) is 2.20. The summed E-state index contributed by atoms with van der Waals surface area (Å²) in [5.74, 6) is 1.47. The number of nitrogens with one attached hydrogen (secondary N) is 2. The third kappa shape index (κ3) is 8.06. The lowest BCUT2D eigenvalue weighted by molar-refractivity contribution is 0.139. The van der Waals surface area contributed by atoms with Gasteiger partial charge in [0.15, 0.2) is 5.96 Å². The maximum absolute atomic E-state index is 4.18. The SMILES string of the molecule is C=CCNC(=NC)NCC(C)CN1CCN(C)CC1.I. The number of rotatable bonds is 6. The third-order valence-corrected chi connectivity index (χ3v) is 3.42. The van der Waals surface area contributed by atoms with Gasteiger partial charge >= 0.3 is 0 Å². The number of nitrogens with zero attached hydrogens (tertiary/aromatic N) is 3. The summed E-state index contributed by atoms with van der Waals surface area (Å²) in [5, 5.41) is 6.54. The van der Waals surface area contributed by atoms with Gasteiger partial charge < -0.3 is 20.4 Å². The van der Waals surface area contributed by atoms with E-state index in [1.54, 1.807) is 7.05 Å². The van der Waals surface area contributed by atoms with Gasteiger partial charge in [0.25, 0.3) is 0 Å². The van der Waals surface area contributed by atoms with E-state index in [1.165, 1.54) is 26.2 Å².